The zero-order chi connectivity index (χ0) is 22.4. The van der Waals surface area contributed by atoms with Crippen LogP contribution in [0.15, 0.2) is 41.3 Å². The Morgan fingerprint density at radius 2 is 1.97 bits per heavy atom. The molecule has 3 N–H and O–H groups in total. The molecule has 0 bridgehead atoms. The van der Waals surface area contributed by atoms with Crippen LogP contribution in [0.4, 0.5) is 4.39 Å². The van der Waals surface area contributed by atoms with E-state index in [1.54, 1.807) is 6.92 Å². The van der Waals surface area contributed by atoms with Crippen molar-refractivity contribution in [3.63, 3.8) is 0 Å². The predicted octanol–water partition coefficient (Wildman–Crippen LogP) is 1.23. The van der Waals surface area contributed by atoms with E-state index < -0.39 is 47.6 Å². The molecule has 2 rings (SSSR count). The minimum atomic E-state index is -1.90. The fourth-order valence-electron chi connectivity index (χ4n) is 3.38. The Labute approximate surface area is 172 Å². The van der Waals surface area contributed by atoms with E-state index in [0.717, 1.165) is 11.1 Å². The third kappa shape index (κ3) is 5.04. The van der Waals surface area contributed by atoms with Gasteiger partial charge in [-0.3, -0.25) is 19.2 Å². The molecule has 1 aromatic heterocycles. The molecule has 0 spiro atoms. The van der Waals surface area contributed by atoms with Crippen LogP contribution in [-0.2, 0) is 20.9 Å². The lowest BCUT2D eigenvalue weighted by Gasteiger charge is -2.22. The van der Waals surface area contributed by atoms with Crippen LogP contribution in [0.5, 0.6) is 0 Å². The highest BCUT2D eigenvalue weighted by Gasteiger charge is 2.40. The number of aryl methyl sites for hydroxylation is 1. The number of benzene rings is 1. The van der Waals surface area contributed by atoms with Gasteiger partial charge >= 0.3 is 5.97 Å². The monoisotopic (exact) mass is 417 g/mol. The number of aliphatic carboxylic acids is 1. The summed E-state index contributed by atoms with van der Waals surface area (Å²) in [5.41, 5.74) is 6.84. The van der Waals surface area contributed by atoms with Gasteiger partial charge in [0.25, 0.3) is 5.56 Å². The number of Topliss-reactive ketones (excluding diaryl/α,β-unsaturated/α-hetero) is 2. The maximum absolute atomic E-state index is 13.0. The molecule has 2 aromatic rings. The fourth-order valence-corrected chi connectivity index (χ4v) is 3.38. The number of alkyl halides is 1. The lowest BCUT2D eigenvalue weighted by atomic mass is 9.81. The van der Waals surface area contributed by atoms with E-state index >= 15 is 0 Å². The molecule has 3 unspecified atom stereocenters. The van der Waals surface area contributed by atoms with Crippen molar-refractivity contribution in [3.05, 3.63) is 63.6 Å². The SMILES string of the molecule is CCC(C(=O)C(C(=O)CF)C(N)C(=O)O)c1ccnn(Cc2cccc(C)c2)c1=O. The normalized spacial score (nSPS) is 14.0. The van der Waals surface area contributed by atoms with Crippen LogP contribution in [-0.4, -0.2) is 45.1 Å². The molecule has 9 heteroatoms. The number of nitrogens with two attached hydrogens (primary N) is 1. The van der Waals surface area contributed by atoms with Gasteiger partial charge in [0.1, 0.15) is 18.6 Å². The van der Waals surface area contributed by atoms with Crippen molar-refractivity contribution in [3.8, 4) is 0 Å². The topological polar surface area (TPSA) is 132 Å². The molecule has 0 saturated carbocycles. The second-order valence-electron chi connectivity index (χ2n) is 7.04. The standard InChI is InChI=1S/C21H24FN3O5/c1-3-14(19(27)17(16(26)10-22)18(23)21(29)30)15-7-8-24-25(20(15)28)11-13-6-4-5-12(2)9-13/h4-9,14,17-18H,3,10-11,23H2,1-2H3,(H,29,30). The number of halogens is 1. The first-order valence-corrected chi connectivity index (χ1v) is 9.43. The minimum Gasteiger partial charge on any atom is -0.480 e. The van der Waals surface area contributed by atoms with Crippen LogP contribution in [0.25, 0.3) is 0 Å². The molecule has 30 heavy (non-hydrogen) atoms. The smallest absolute Gasteiger partial charge is 0.321 e. The van der Waals surface area contributed by atoms with Crippen LogP contribution in [0.3, 0.4) is 0 Å². The van der Waals surface area contributed by atoms with E-state index in [1.807, 2.05) is 31.2 Å². The lowest BCUT2D eigenvalue weighted by Crippen LogP contribution is -2.48. The Balaban J connectivity index is 2.44. The Morgan fingerprint density at radius 3 is 2.53 bits per heavy atom. The molecular formula is C21H24FN3O5. The maximum atomic E-state index is 13.0. The number of ketones is 2. The summed E-state index contributed by atoms with van der Waals surface area (Å²) in [5.74, 6) is -6.70. The molecule has 0 radical (unpaired) electrons. The van der Waals surface area contributed by atoms with E-state index in [9.17, 15) is 23.6 Å². The first-order valence-electron chi connectivity index (χ1n) is 9.43. The summed E-state index contributed by atoms with van der Waals surface area (Å²) in [6.45, 7) is 2.16. The highest BCUT2D eigenvalue weighted by Crippen LogP contribution is 2.24. The number of rotatable bonds is 10. The highest BCUT2D eigenvalue weighted by molar-refractivity contribution is 6.09. The number of carboxylic acids is 1. The second-order valence-corrected chi connectivity index (χ2v) is 7.04. The Morgan fingerprint density at radius 1 is 1.27 bits per heavy atom. The van der Waals surface area contributed by atoms with E-state index in [2.05, 4.69) is 5.10 Å². The van der Waals surface area contributed by atoms with Gasteiger partial charge in [0.05, 0.1) is 6.54 Å². The van der Waals surface area contributed by atoms with E-state index in [4.69, 9.17) is 10.8 Å². The number of carbonyl (C=O) groups is 3. The van der Waals surface area contributed by atoms with E-state index in [1.165, 1.54) is 16.9 Å². The molecule has 0 fully saturated rings. The number of carboxylic acid groups (broad SMARTS) is 1. The van der Waals surface area contributed by atoms with Crippen LogP contribution in [0.2, 0.25) is 0 Å². The van der Waals surface area contributed by atoms with Crippen LogP contribution in [0, 0.1) is 12.8 Å². The highest BCUT2D eigenvalue weighted by atomic mass is 19.1. The van der Waals surface area contributed by atoms with Crippen LogP contribution < -0.4 is 11.3 Å². The zero-order valence-electron chi connectivity index (χ0n) is 16.7. The summed E-state index contributed by atoms with van der Waals surface area (Å²) >= 11 is 0. The lowest BCUT2D eigenvalue weighted by molar-refractivity contribution is -0.147. The summed E-state index contributed by atoms with van der Waals surface area (Å²) in [6, 6.07) is 6.94. The molecule has 0 saturated heterocycles. The van der Waals surface area contributed by atoms with Crippen molar-refractivity contribution < 1.29 is 23.9 Å². The summed E-state index contributed by atoms with van der Waals surface area (Å²) < 4.78 is 14.2. The van der Waals surface area contributed by atoms with Crippen molar-refractivity contribution in [2.24, 2.45) is 11.7 Å². The van der Waals surface area contributed by atoms with Gasteiger partial charge < -0.3 is 10.8 Å². The van der Waals surface area contributed by atoms with Gasteiger partial charge in [-0.2, -0.15) is 5.10 Å². The molecule has 0 aliphatic carbocycles. The Kier molecular flexibility index (Phi) is 7.71. The largest absolute Gasteiger partial charge is 0.480 e. The van der Waals surface area contributed by atoms with Crippen molar-refractivity contribution in [2.45, 2.75) is 38.8 Å². The summed E-state index contributed by atoms with van der Waals surface area (Å²) in [6.07, 6.45) is 1.45. The maximum Gasteiger partial charge on any atom is 0.321 e. The molecule has 1 aromatic carbocycles. The zero-order valence-corrected chi connectivity index (χ0v) is 16.7. The quantitative estimate of drug-likeness (QED) is 0.556. The average Bonchev–Trinajstić information content (AvgIpc) is 2.71. The van der Waals surface area contributed by atoms with Gasteiger partial charge in [-0.15, -0.1) is 0 Å². The Hall–Kier alpha value is -3.20. The molecule has 0 aliphatic rings. The second kappa shape index (κ2) is 10.0. The van der Waals surface area contributed by atoms with Gasteiger partial charge in [-0.05, 0) is 25.0 Å². The van der Waals surface area contributed by atoms with Gasteiger partial charge in [0.15, 0.2) is 11.6 Å². The molecular weight excluding hydrogens is 393 g/mol. The third-order valence-electron chi connectivity index (χ3n) is 4.91. The van der Waals surface area contributed by atoms with E-state index in [0.29, 0.717) is 0 Å². The number of hydrogen-bond acceptors (Lipinski definition) is 6. The van der Waals surface area contributed by atoms with E-state index in [-0.39, 0.29) is 18.5 Å². The molecule has 160 valence electrons. The average molecular weight is 417 g/mol. The molecule has 8 nitrogen and oxygen atoms in total. The first-order chi connectivity index (χ1) is 14.2. The van der Waals surface area contributed by atoms with Crippen LogP contribution in [0.1, 0.15) is 36.0 Å². The summed E-state index contributed by atoms with van der Waals surface area (Å²) in [4.78, 5) is 49.1. The van der Waals surface area contributed by atoms with Gasteiger partial charge in [-0.25, -0.2) is 9.07 Å². The molecule has 0 aliphatic heterocycles. The number of hydrogen-bond donors (Lipinski definition) is 2. The van der Waals surface area contributed by atoms with Crippen LogP contribution >= 0.6 is 0 Å². The van der Waals surface area contributed by atoms with Crippen molar-refractivity contribution in [1.82, 2.24) is 9.78 Å². The molecule has 0 amide bonds. The van der Waals surface area contributed by atoms with Crippen molar-refractivity contribution in [1.29, 1.82) is 0 Å². The molecule has 1 heterocycles. The van der Waals surface area contributed by atoms with Gasteiger partial charge in [0, 0.05) is 17.7 Å². The van der Waals surface area contributed by atoms with Crippen molar-refractivity contribution >= 4 is 17.5 Å². The van der Waals surface area contributed by atoms with Crippen molar-refractivity contribution in [2.75, 3.05) is 6.67 Å². The minimum absolute atomic E-state index is 0.0550. The summed E-state index contributed by atoms with van der Waals surface area (Å²) in [7, 11) is 0. The van der Waals surface area contributed by atoms with Gasteiger partial charge in [-0.1, -0.05) is 36.8 Å². The first kappa shape index (κ1) is 23.1. The third-order valence-corrected chi connectivity index (χ3v) is 4.91. The van der Waals surface area contributed by atoms with Gasteiger partial charge in [0.2, 0.25) is 0 Å². The number of nitrogens with zero attached hydrogens (tertiary/aromatic N) is 2. The fraction of sp³-hybridized carbons (Fsp3) is 0.381. The number of carbonyl (C=O) groups excluding carboxylic acids is 2. The molecule has 3 atom stereocenters. The predicted molar refractivity (Wildman–Crippen MR) is 107 cm³/mol. The number of aromatic nitrogens is 2. The summed E-state index contributed by atoms with van der Waals surface area (Å²) in [5, 5.41) is 13.2. The Bertz CT molecular complexity index is 1000.